The van der Waals surface area contributed by atoms with Gasteiger partial charge in [0, 0.05) is 5.56 Å². The molecular weight excluding hydrogens is 308 g/mol. The van der Waals surface area contributed by atoms with E-state index in [1.807, 2.05) is 55.5 Å². The topological polar surface area (TPSA) is 55.2 Å². The number of methoxy groups -OCH3 is 1. The summed E-state index contributed by atoms with van der Waals surface area (Å²) in [6, 6.07) is 15.7. The predicted octanol–water partition coefficient (Wildman–Crippen LogP) is 3.81. The third-order valence-corrected chi connectivity index (χ3v) is 3.64. The zero-order chi connectivity index (χ0) is 16.2. The quantitative estimate of drug-likeness (QED) is 0.586. The van der Waals surface area contributed by atoms with Crippen LogP contribution in [-0.2, 0) is 0 Å². The van der Waals surface area contributed by atoms with E-state index in [-0.39, 0.29) is 0 Å². The molecule has 1 aromatic heterocycles. The monoisotopic (exact) mass is 324 g/mol. The average Bonchev–Trinajstić information content (AvgIpc) is 2.95. The highest BCUT2D eigenvalue weighted by molar-refractivity contribution is 7.71. The Balaban J connectivity index is 1.98. The van der Waals surface area contributed by atoms with Crippen molar-refractivity contribution in [2.45, 2.75) is 6.92 Å². The zero-order valence-electron chi connectivity index (χ0n) is 12.9. The molecule has 3 aromatic rings. The molecule has 2 aromatic carbocycles. The summed E-state index contributed by atoms with van der Waals surface area (Å²) in [5.41, 5.74) is 3.08. The predicted molar refractivity (Wildman–Crippen MR) is 93.6 cm³/mol. The van der Waals surface area contributed by atoms with Crippen LogP contribution in [0.2, 0.25) is 0 Å². The van der Waals surface area contributed by atoms with Crippen molar-refractivity contribution in [3.63, 3.8) is 0 Å². The summed E-state index contributed by atoms with van der Waals surface area (Å²) in [7, 11) is 1.63. The van der Waals surface area contributed by atoms with Gasteiger partial charge in [-0.05, 0) is 36.8 Å². The number of rotatable bonds is 4. The van der Waals surface area contributed by atoms with E-state index in [2.05, 4.69) is 15.3 Å². The smallest absolute Gasteiger partial charge is 0.216 e. The molecule has 0 atom stereocenters. The maximum absolute atomic E-state index is 5.27. The molecule has 0 saturated carbocycles. The van der Waals surface area contributed by atoms with Gasteiger partial charge >= 0.3 is 0 Å². The summed E-state index contributed by atoms with van der Waals surface area (Å²) < 4.78 is 7.29. The second-order valence-corrected chi connectivity index (χ2v) is 5.44. The lowest BCUT2D eigenvalue weighted by Crippen LogP contribution is -1.95. The number of nitrogens with one attached hydrogen (secondary N) is 1. The number of aryl methyl sites for hydroxylation is 1. The van der Waals surface area contributed by atoms with Crippen LogP contribution in [-0.4, -0.2) is 28.2 Å². The first-order valence-corrected chi connectivity index (χ1v) is 7.51. The Morgan fingerprint density at radius 2 is 2.00 bits per heavy atom. The molecule has 0 spiro atoms. The SMILES string of the molecule is COc1cccc(-c2n[nH]c(=S)n2/N=C/c2ccc(C)cc2)c1. The Kier molecular flexibility index (Phi) is 4.34. The summed E-state index contributed by atoms with van der Waals surface area (Å²) >= 11 is 5.27. The molecule has 0 saturated heterocycles. The van der Waals surface area contributed by atoms with Gasteiger partial charge in [0.1, 0.15) is 5.75 Å². The van der Waals surface area contributed by atoms with E-state index in [0.717, 1.165) is 16.9 Å². The Hall–Kier alpha value is -2.73. The second kappa shape index (κ2) is 6.58. The standard InChI is InChI=1S/C17H16N4OS/c1-12-6-8-13(9-7-12)11-18-21-16(19-20-17(21)23)14-4-3-5-15(10-14)22-2/h3-11H,1-2H3,(H,20,23)/b18-11+. The van der Waals surface area contributed by atoms with Gasteiger partial charge < -0.3 is 4.74 Å². The van der Waals surface area contributed by atoms with Crippen molar-refractivity contribution >= 4 is 18.4 Å². The van der Waals surface area contributed by atoms with Crippen molar-refractivity contribution in [1.29, 1.82) is 0 Å². The van der Waals surface area contributed by atoms with Gasteiger partial charge in [-0.2, -0.15) is 14.9 Å². The lowest BCUT2D eigenvalue weighted by atomic mass is 10.2. The fourth-order valence-electron chi connectivity index (χ4n) is 2.12. The minimum absolute atomic E-state index is 0.436. The van der Waals surface area contributed by atoms with Gasteiger partial charge in [0.2, 0.25) is 4.77 Å². The summed E-state index contributed by atoms with van der Waals surface area (Å²) in [6.45, 7) is 2.05. The normalized spacial score (nSPS) is 11.0. The van der Waals surface area contributed by atoms with Crippen molar-refractivity contribution in [3.8, 4) is 17.1 Å². The number of hydrogen-bond acceptors (Lipinski definition) is 4. The number of benzene rings is 2. The van der Waals surface area contributed by atoms with E-state index in [1.54, 1.807) is 18.0 Å². The van der Waals surface area contributed by atoms with Crippen LogP contribution in [0, 0.1) is 11.7 Å². The largest absolute Gasteiger partial charge is 0.497 e. The van der Waals surface area contributed by atoms with Crippen molar-refractivity contribution in [3.05, 3.63) is 64.4 Å². The molecule has 0 aliphatic heterocycles. The van der Waals surface area contributed by atoms with Crippen molar-refractivity contribution in [2.24, 2.45) is 5.10 Å². The molecule has 3 rings (SSSR count). The van der Waals surface area contributed by atoms with Gasteiger partial charge in [-0.1, -0.05) is 42.0 Å². The van der Waals surface area contributed by atoms with E-state index in [1.165, 1.54) is 5.56 Å². The maximum Gasteiger partial charge on any atom is 0.216 e. The zero-order valence-corrected chi connectivity index (χ0v) is 13.7. The maximum atomic E-state index is 5.27. The first-order valence-electron chi connectivity index (χ1n) is 7.10. The van der Waals surface area contributed by atoms with Crippen LogP contribution in [0.1, 0.15) is 11.1 Å². The summed E-state index contributed by atoms with van der Waals surface area (Å²) in [4.78, 5) is 0. The molecule has 1 heterocycles. The van der Waals surface area contributed by atoms with Gasteiger partial charge in [0.05, 0.1) is 13.3 Å². The van der Waals surface area contributed by atoms with Gasteiger partial charge in [-0.15, -0.1) is 0 Å². The molecule has 1 N–H and O–H groups in total. The average molecular weight is 324 g/mol. The van der Waals surface area contributed by atoms with Crippen molar-refractivity contribution < 1.29 is 4.74 Å². The third-order valence-electron chi connectivity index (χ3n) is 3.38. The minimum Gasteiger partial charge on any atom is -0.497 e. The van der Waals surface area contributed by atoms with Crippen molar-refractivity contribution in [1.82, 2.24) is 14.9 Å². The van der Waals surface area contributed by atoms with E-state index < -0.39 is 0 Å². The summed E-state index contributed by atoms with van der Waals surface area (Å²) in [5, 5.41) is 11.5. The van der Waals surface area contributed by atoms with Crippen LogP contribution in [0.3, 0.4) is 0 Å². The molecular formula is C17H16N4OS. The number of H-pyrrole nitrogens is 1. The molecule has 0 aliphatic rings. The van der Waals surface area contributed by atoms with E-state index >= 15 is 0 Å². The number of hydrogen-bond donors (Lipinski definition) is 1. The first-order chi connectivity index (χ1) is 11.2. The molecule has 116 valence electrons. The van der Waals surface area contributed by atoms with Crippen LogP contribution < -0.4 is 4.74 Å². The van der Waals surface area contributed by atoms with Crippen LogP contribution in [0.15, 0.2) is 53.6 Å². The summed E-state index contributed by atoms with van der Waals surface area (Å²) in [6.07, 6.45) is 1.76. The third kappa shape index (κ3) is 3.37. The number of nitrogens with zero attached hydrogens (tertiary/aromatic N) is 3. The number of aromatic amines is 1. The molecule has 0 radical (unpaired) electrons. The van der Waals surface area contributed by atoms with Crippen LogP contribution in [0.5, 0.6) is 5.75 Å². The number of ether oxygens (including phenoxy) is 1. The fraction of sp³-hybridized carbons (Fsp3) is 0.118. The van der Waals surface area contributed by atoms with Gasteiger partial charge in [-0.25, -0.2) is 5.10 Å². The Bertz CT molecular complexity index is 893. The highest BCUT2D eigenvalue weighted by Gasteiger charge is 2.08. The lowest BCUT2D eigenvalue weighted by Gasteiger charge is -2.04. The van der Waals surface area contributed by atoms with Gasteiger partial charge in [-0.3, -0.25) is 0 Å². The highest BCUT2D eigenvalue weighted by atomic mass is 32.1. The molecule has 6 heteroatoms. The van der Waals surface area contributed by atoms with E-state index in [9.17, 15) is 0 Å². The Morgan fingerprint density at radius 3 is 2.74 bits per heavy atom. The van der Waals surface area contributed by atoms with Crippen LogP contribution in [0.4, 0.5) is 0 Å². The van der Waals surface area contributed by atoms with E-state index in [4.69, 9.17) is 17.0 Å². The highest BCUT2D eigenvalue weighted by Crippen LogP contribution is 2.22. The molecule has 0 unspecified atom stereocenters. The van der Waals surface area contributed by atoms with Gasteiger partial charge in [0.15, 0.2) is 5.82 Å². The molecule has 0 fully saturated rings. The second-order valence-electron chi connectivity index (χ2n) is 5.05. The molecule has 0 bridgehead atoms. The van der Waals surface area contributed by atoms with Gasteiger partial charge in [0.25, 0.3) is 0 Å². The molecule has 0 aliphatic carbocycles. The molecule has 0 amide bonds. The summed E-state index contributed by atoms with van der Waals surface area (Å²) in [5.74, 6) is 1.39. The van der Waals surface area contributed by atoms with E-state index in [0.29, 0.717) is 10.6 Å². The minimum atomic E-state index is 0.436. The number of aromatic nitrogens is 3. The lowest BCUT2D eigenvalue weighted by molar-refractivity contribution is 0.415. The first kappa shape index (κ1) is 15.2. The van der Waals surface area contributed by atoms with Crippen LogP contribution >= 0.6 is 12.2 Å². The Labute approximate surface area is 139 Å². The van der Waals surface area contributed by atoms with Crippen LogP contribution in [0.25, 0.3) is 11.4 Å². The Morgan fingerprint density at radius 1 is 1.22 bits per heavy atom. The molecule has 5 nitrogen and oxygen atoms in total. The fourth-order valence-corrected chi connectivity index (χ4v) is 2.30. The molecule has 23 heavy (non-hydrogen) atoms. The van der Waals surface area contributed by atoms with Crippen molar-refractivity contribution in [2.75, 3.05) is 7.11 Å².